The van der Waals surface area contributed by atoms with Crippen LogP contribution >= 0.6 is 0 Å². The van der Waals surface area contributed by atoms with E-state index in [2.05, 4.69) is 10.3 Å². The number of nitrogens with zero attached hydrogens (tertiary/aromatic N) is 5. The van der Waals surface area contributed by atoms with Crippen LogP contribution in [-0.2, 0) is 12.0 Å². The average molecular weight is 562 g/mol. The predicted octanol–water partition coefficient (Wildman–Crippen LogP) is 5.83. The topological polar surface area (TPSA) is 46.4 Å². The molecule has 0 radical (unpaired) electrons. The third kappa shape index (κ3) is 5.57. The normalized spacial score (nSPS) is 21.1. The maximum Gasteiger partial charge on any atom is 0.134 e. The molecule has 0 amide bonds. The molecule has 2 aliphatic rings. The first-order chi connectivity index (χ1) is 18.8. The maximum absolute atomic E-state index is 15.8. The molecular formula is C30H39F4N5O. The number of aromatic nitrogens is 3. The molecule has 2 aromatic carbocycles. The molecule has 40 heavy (non-hydrogen) atoms. The first kappa shape index (κ1) is 28.8. The molecule has 2 aliphatic heterocycles. The second-order valence-electron chi connectivity index (χ2n) is 12.9. The predicted molar refractivity (Wildman–Crippen MR) is 147 cm³/mol. The molecule has 0 spiro atoms. The number of hydrogen-bond donors (Lipinski definition) is 0. The summed E-state index contributed by atoms with van der Waals surface area (Å²) in [7, 11) is 0. The minimum Gasteiger partial charge on any atom is -0.492 e. The van der Waals surface area contributed by atoms with Gasteiger partial charge in [0.05, 0.1) is 23.8 Å². The Morgan fingerprint density at radius 1 is 1.05 bits per heavy atom. The van der Waals surface area contributed by atoms with Gasteiger partial charge in [-0.1, -0.05) is 11.3 Å². The van der Waals surface area contributed by atoms with Gasteiger partial charge in [-0.15, -0.1) is 5.10 Å². The number of benzene rings is 2. The molecule has 5 rings (SSSR count). The van der Waals surface area contributed by atoms with Crippen LogP contribution in [0.3, 0.4) is 0 Å². The van der Waals surface area contributed by atoms with Crippen LogP contribution in [0.1, 0.15) is 64.3 Å². The monoisotopic (exact) mass is 561 g/mol. The molecule has 0 saturated carbocycles. The van der Waals surface area contributed by atoms with Crippen LogP contribution in [0.25, 0.3) is 11.0 Å². The van der Waals surface area contributed by atoms with E-state index in [1.165, 1.54) is 26.0 Å². The summed E-state index contributed by atoms with van der Waals surface area (Å²) in [6.07, 6.45) is 0.548. The lowest BCUT2D eigenvalue weighted by Gasteiger charge is -2.44. The van der Waals surface area contributed by atoms with Crippen molar-refractivity contribution in [3.05, 3.63) is 52.6 Å². The Balaban J connectivity index is 1.51. The van der Waals surface area contributed by atoms with Gasteiger partial charge in [-0.2, -0.15) is 0 Å². The van der Waals surface area contributed by atoms with Crippen LogP contribution in [0, 0.1) is 17.6 Å². The van der Waals surface area contributed by atoms with Crippen LogP contribution in [0.5, 0.6) is 5.75 Å². The summed E-state index contributed by atoms with van der Waals surface area (Å²) >= 11 is 0. The summed E-state index contributed by atoms with van der Waals surface area (Å²) in [5.74, 6) is -1.35. The summed E-state index contributed by atoms with van der Waals surface area (Å²) in [5, 5.41) is 8.87. The van der Waals surface area contributed by atoms with Crippen molar-refractivity contribution in [3.8, 4) is 5.75 Å². The maximum atomic E-state index is 15.8. The number of ether oxygens (including phenoxy) is 1. The van der Waals surface area contributed by atoms with Gasteiger partial charge in [0.2, 0.25) is 0 Å². The number of halogens is 4. The lowest BCUT2D eigenvalue weighted by atomic mass is 9.83. The molecule has 1 saturated heterocycles. The third-order valence-electron chi connectivity index (χ3n) is 7.90. The van der Waals surface area contributed by atoms with E-state index in [1.54, 1.807) is 0 Å². The average Bonchev–Trinajstić information content (AvgIpc) is 3.26. The Labute approximate surface area is 233 Å². The SMILES string of the molecule is CC1Cc2c(ccc3c2nnn3C(C)(C)C)C(c2c(F)cc(OCCN3CC(CF)C3)cc2F)N1CC(C)(C)F. The molecule has 0 N–H and O–H groups in total. The molecule has 10 heteroatoms. The molecule has 2 atom stereocenters. The zero-order chi connectivity index (χ0) is 29.0. The highest BCUT2D eigenvalue weighted by atomic mass is 19.1. The molecular weight excluding hydrogens is 522 g/mol. The molecule has 218 valence electrons. The number of likely N-dealkylation sites (tertiary alicyclic amines) is 1. The second kappa shape index (κ2) is 10.6. The van der Waals surface area contributed by atoms with Crippen LogP contribution < -0.4 is 4.74 Å². The molecule has 0 bridgehead atoms. The third-order valence-corrected chi connectivity index (χ3v) is 7.90. The largest absolute Gasteiger partial charge is 0.492 e. The van der Waals surface area contributed by atoms with Crippen LogP contribution in [0.4, 0.5) is 17.6 Å². The number of alkyl halides is 2. The molecule has 3 heterocycles. The first-order valence-electron chi connectivity index (χ1n) is 14.0. The van der Waals surface area contributed by atoms with Crippen LogP contribution in [-0.4, -0.2) is 76.0 Å². The fourth-order valence-corrected chi connectivity index (χ4v) is 6.03. The Hall–Kier alpha value is -2.72. The van der Waals surface area contributed by atoms with E-state index in [1.807, 2.05) is 54.3 Å². The number of hydrogen-bond acceptors (Lipinski definition) is 5. The summed E-state index contributed by atoms with van der Waals surface area (Å²) < 4.78 is 66.9. The van der Waals surface area contributed by atoms with Crippen molar-refractivity contribution in [2.75, 3.05) is 39.5 Å². The highest BCUT2D eigenvalue weighted by molar-refractivity contribution is 5.80. The zero-order valence-electron chi connectivity index (χ0n) is 24.1. The Kier molecular flexibility index (Phi) is 7.63. The van der Waals surface area contributed by atoms with Crippen molar-refractivity contribution >= 4 is 11.0 Å². The van der Waals surface area contributed by atoms with E-state index in [-0.39, 0.29) is 48.6 Å². The van der Waals surface area contributed by atoms with E-state index in [9.17, 15) is 4.39 Å². The summed E-state index contributed by atoms with van der Waals surface area (Å²) in [6, 6.07) is 5.09. The smallest absolute Gasteiger partial charge is 0.134 e. The fraction of sp³-hybridized carbons (Fsp3) is 0.600. The quantitative estimate of drug-likeness (QED) is 0.324. The number of fused-ring (bicyclic) bond motifs is 3. The van der Waals surface area contributed by atoms with Gasteiger partial charge in [0.15, 0.2) is 0 Å². The Morgan fingerprint density at radius 2 is 1.73 bits per heavy atom. The zero-order valence-corrected chi connectivity index (χ0v) is 24.1. The van der Waals surface area contributed by atoms with E-state index >= 15 is 13.2 Å². The Morgan fingerprint density at radius 3 is 2.33 bits per heavy atom. The fourth-order valence-electron chi connectivity index (χ4n) is 6.03. The molecule has 3 aromatic rings. The van der Waals surface area contributed by atoms with Crippen LogP contribution in [0.2, 0.25) is 0 Å². The van der Waals surface area contributed by atoms with Gasteiger partial charge >= 0.3 is 0 Å². The van der Waals surface area contributed by atoms with Gasteiger partial charge in [0, 0.05) is 55.8 Å². The van der Waals surface area contributed by atoms with Crippen molar-refractivity contribution in [3.63, 3.8) is 0 Å². The van der Waals surface area contributed by atoms with E-state index in [4.69, 9.17) is 4.74 Å². The molecule has 2 unspecified atom stereocenters. The van der Waals surface area contributed by atoms with E-state index < -0.39 is 23.3 Å². The molecule has 1 fully saturated rings. The summed E-state index contributed by atoms with van der Waals surface area (Å²) in [6.45, 7) is 12.8. The van der Waals surface area contributed by atoms with Gasteiger partial charge in [-0.3, -0.25) is 14.2 Å². The van der Waals surface area contributed by atoms with Crippen molar-refractivity contribution in [2.45, 2.75) is 71.3 Å². The molecule has 1 aromatic heterocycles. The van der Waals surface area contributed by atoms with Gasteiger partial charge in [0.25, 0.3) is 0 Å². The molecule has 6 nitrogen and oxygen atoms in total. The summed E-state index contributed by atoms with van der Waals surface area (Å²) in [5.41, 5.74) is 1.09. The van der Waals surface area contributed by atoms with Crippen molar-refractivity contribution in [1.82, 2.24) is 24.8 Å². The van der Waals surface area contributed by atoms with E-state index in [0.717, 1.165) is 11.1 Å². The number of rotatable bonds is 8. The first-order valence-corrected chi connectivity index (χ1v) is 14.0. The molecule has 0 aliphatic carbocycles. The van der Waals surface area contributed by atoms with Gasteiger partial charge < -0.3 is 4.74 Å². The standard InChI is InChI=1S/C30H39F4N5O/c1-18-11-22-21(7-8-25-27(22)35-36-39(25)29(2,3)4)28(38(18)17-30(5,6)34)26-23(32)12-20(13-24(26)33)40-10-9-37-15-19(14-31)16-37/h7-8,12-13,18-19,28H,9-11,14-17H2,1-6H3. The Bertz CT molecular complexity index is 1350. The van der Waals surface area contributed by atoms with E-state index in [0.29, 0.717) is 37.1 Å². The minimum absolute atomic E-state index is 0.00215. The van der Waals surface area contributed by atoms with Crippen molar-refractivity contribution in [2.24, 2.45) is 5.92 Å². The van der Waals surface area contributed by atoms with Gasteiger partial charge in [-0.05, 0) is 65.2 Å². The second-order valence-corrected chi connectivity index (χ2v) is 12.9. The van der Waals surface area contributed by atoms with Crippen molar-refractivity contribution < 1.29 is 22.3 Å². The summed E-state index contributed by atoms with van der Waals surface area (Å²) in [4.78, 5) is 3.88. The lowest BCUT2D eigenvalue weighted by molar-refractivity contribution is 0.0647. The van der Waals surface area contributed by atoms with Crippen LogP contribution in [0.15, 0.2) is 24.3 Å². The highest BCUT2D eigenvalue weighted by Crippen LogP contribution is 2.43. The minimum atomic E-state index is -1.59. The lowest BCUT2D eigenvalue weighted by Crippen LogP contribution is -2.49. The van der Waals surface area contributed by atoms with Crippen molar-refractivity contribution in [1.29, 1.82) is 0 Å². The van der Waals surface area contributed by atoms with Gasteiger partial charge in [-0.25, -0.2) is 17.9 Å². The highest BCUT2D eigenvalue weighted by Gasteiger charge is 2.40. The van der Waals surface area contributed by atoms with Gasteiger partial charge in [0.1, 0.15) is 35.2 Å².